The van der Waals surface area contributed by atoms with Crippen molar-refractivity contribution in [1.82, 2.24) is 0 Å². The van der Waals surface area contributed by atoms with Crippen LogP contribution in [0.5, 0.6) is 11.5 Å². The number of rotatable bonds is 5. The van der Waals surface area contributed by atoms with E-state index < -0.39 is 17.8 Å². The summed E-state index contributed by atoms with van der Waals surface area (Å²) in [5, 5.41) is 12.0. The zero-order chi connectivity index (χ0) is 16.1. The predicted molar refractivity (Wildman–Crippen MR) is 81.2 cm³/mol. The Bertz CT molecular complexity index is 574. The molecule has 6 nitrogen and oxygen atoms in total. The molecule has 118 valence electrons. The lowest BCUT2D eigenvalue weighted by molar-refractivity contribution is -0.146. The fraction of sp³-hybridized carbons (Fsp3) is 0.375. The lowest BCUT2D eigenvalue weighted by Gasteiger charge is -2.24. The highest BCUT2D eigenvalue weighted by molar-refractivity contribution is 5.95. The summed E-state index contributed by atoms with van der Waals surface area (Å²) in [6, 6.07) is 5.02. The van der Waals surface area contributed by atoms with Crippen molar-refractivity contribution in [2.45, 2.75) is 12.8 Å². The fourth-order valence-corrected chi connectivity index (χ4v) is 2.49. The molecule has 1 amide bonds. The van der Waals surface area contributed by atoms with Gasteiger partial charge in [0.25, 0.3) is 0 Å². The number of carboxylic acid groups (broad SMARTS) is 1. The highest BCUT2D eigenvalue weighted by Gasteiger charge is 2.34. The second-order valence-corrected chi connectivity index (χ2v) is 5.08. The van der Waals surface area contributed by atoms with Crippen LogP contribution in [0.15, 0.2) is 30.4 Å². The van der Waals surface area contributed by atoms with Crippen molar-refractivity contribution >= 4 is 17.6 Å². The van der Waals surface area contributed by atoms with Crippen molar-refractivity contribution < 1.29 is 24.2 Å². The summed E-state index contributed by atoms with van der Waals surface area (Å²) < 4.78 is 10.3. The minimum absolute atomic E-state index is 0.313. The molecule has 0 spiro atoms. The zero-order valence-corrected chi connectivity index (χ0v) is 12.5. The number of nitrogens with one attached hydrogen (secondary N) is 1. The number of amides is 1. The Balaban J connectivity index is 2.17. The van der Waals surface area contributed by atoms with E-state index in [0.29, 0.717) is 30.0 Å². The molecule has 0 radical (unpaired) electrons. The van der Waals surface area contributed by atoms with Crippen molar-refractivity contribution in [2.24, 2.45) is 11.8 Å². The van der Waals surface area contributed by atoms with Gasteiger partial charge in [0.15, 0.2) is 0 Å². The third-order valence-electron chi connectivity index (χ3n) is 3.71. The summed E-state index contributed by atoms with van der Waals surface area (Å²) in [6.45, 7) is 0. The first kappa shape index (κ1) is 15.9. The maximum absolute atomic E-state index is 12.4. The van der Waals surface area contributed by atoms with Crippen molar-refractivity contribution in [2.75, 3.05) is 19.5 Å². The smallest absolute Gasteiger partial charge is 0.307 e. The van der Waals surface area contributed by atoms with Gasteiger partial charge in [0.2, 0.25) is 5.91 Å². The van der Waals surface area contributed by atoms with Gasteiger partial charge in [0.05, 0.1) is 26.1 Å². The summed E-state index contributed by atoms with van der Waals surface area (Å²) in [5.41, 5.74) is 0.514. The zero-order valence-electron chi connectivity index (χ0n) is 12.5. The number of aliphatic carboxylic acids is 1. The van der Waals surface area contributed by atoms with Crippen LogP contribution in [0.2, 0.25) is 0 Å². The Morgan fingerprint density at radius 3 is 2.09 bits per heavy atom. The van der Waals surface area contributed by atoms with E-state index >= 15 is 0 Å². The van der Waals surface area contributed by atoms with Gasteiger partial charge in [-0.15, -0.1) is 0 Å². The Hall–Kier alpha value is -2.50. The molecule has 0 saturated carbocycles. The molecular formula is C16H19NO5. The normalized spacial score (nSPS) is 20.3. The van der Waals surface area contributed by atoms with E-state index in [-0.39, 0.29) is 5.91 Å². The molecule has 0 saturated heterocycles. The van der Waals surface area contributed by atoms with E-state index in [1.165, 1.54) is 14.2 Å². The van der Waals surface area contributed by atoms with Crippen LogP contribution in [-0.4, -0.2) is 31.2 Å². The molecule has 0 aromatic heterocycles. The average Bonchev–Trinajstić information content (AvgIpc) is 2.54. The number of allylic oxidation sites excluding steroid dienone is 2. The number of carbonyl (C=O) groups excluding carboxylic acids is 1. The van der Waals surface area contributed by atoms with E-state index in [1.54, 1.807) is 24.3 Å². The molecule has 1 aliphatic carbocycles. The third kappa shape index (κ3) is 3.58. The molecule has 0 unspecified atom stereocenters. The van der Waals surface area contributed by atoms with Crippen molar-refractivity contribution in [3.63, 3.8) is 0 Å². The van der Waals surface area contributed by atoms with Crippen LogP contribution in [0.1, 0.15) is 12.8 Å². The van der Waals surface area contributed by atoms with Gasteiger partial charge in [0, 0.05) is 23.9 Å². The average molecular weight is 305 g/mol. The van der Waals surface area contributed by atoms with Gasteiger partial charge in [-0.05, 0) is 12.8 Å². The first-order valence-corrected chi connectivity index (χ1v) is 6.97. The molecule has 1 aromatic carbocycles. The summed E-state index contributed by atoms with van der Waals surface area (Å²) >= 11 is 0. The molecule has 0 bridgehead atoms. The Labute approximate surface area is 128 Å². The van der Waals surface area contributed by atoms with E-state index in [0.717, 1.165) is 0 Å². The van der Waals surface area contributed by atoms with Gasteiger partial charge in [-0.25, -0.2) is 0 Å². The quantitative estimate of drug-likeness (QED) is 0.815. The van der Waals surface area contributed by atoms with Crippen molar-refractivity contribution in [3.05, 3.63) is 30.4 Å². The molecule has 1 aromatic rings. The number of hydrogen-bond donors (Lipinski definition) is 2. The van der Waals surface area contributed by atoms with Gasteiger partial charge in [0.1, 0.15) is 11.5 Å². The largest absolute Gasteiger partial charge is 0.497 e. The second kappa shape index (κ2) is 6.98. The molecule has 2 rings (SSSR count). The number of carbonyl (C=O) groups is 2. The monoisotopic (exact) mass is 305 g/mol. The third-order valence-corrected chi connectivity index (χ3v) is 3.71. The van der Waals surface area contributed by atoms with Gasteiger partial charge in [-0.3, -0.25) is 9.59 Å². The topological polar surface area (TPSA) is 84.9 Å². The van der Waals surface area contributed by atoms with Crippen LogP contribution in [0.4, 0.5) is 5.69 Å². The SMILES string of the molecule is COc1cc(NC(=O)[C@@H]2CC=CC[C@H]2C(=O)O)cc(OC)c1. The molecule has 2 atom stereocenters. The molecule has 22 heavy (non-hydrogen) atoms. The number of methoxy groups -OCH3 is 2. The fourth-order valence-electron chi connectivity index (χ4n) is 2.49. The summed E-state index contributed by atoms with van der Waals surface area (Å²) in [4.78, 5) is 23.7. The second-order valence-electron chi connectivity index (χ2n) is 5.08. The van der Waals surface area contributed by atoms with Gasteiger partial charge < -0.3 is 19.9 Å². The Kier molecular flexibility index (Phi) is 5.04. The number of benzene rings is 1. The lowest BCUT2D eigenvalue weighted by atomic mass is 9.82. The molecule has 1 aliphatic rings. The van der Waals surface area contributed by atoms with Gasteiger partial charge in [-0.2, -0.15) is 0 Å². The van der Waals surface area contributed by atoms with Crippen LogP contribution in [-0.2, 0) is 9.59 Å². The number of anilines is 1. The highest BCUT2D eigenvalue weighted by atomic mass is 16.5. The standard InChI is InChI=1S/C16H19NO5/c1-21-11-7-10(8-12(9-11)22-2)17-15(18)13-5-3-4-6-14(13)16(19)20/h3-4,7-9,13-14H,5-6H2,1-2H3,(H,17,18)(H,19,20)/t13-,14-/m1/s1. The minimum atomic E-state index is -0.951. The van der Waals surface area contributed by atoms with Crippen LogP contribution in [0.3, 0.4) is 0 Å². The van der Waals surface area contributed by atoms with Crippen LogP contribution < -0.4 is 14.8 Å². The van der Waals surface area contributed by atoms with Crippen LogP contribution in [0, 0.1) is 11.8 Å². The van der Waals surface area contributed by atoms with E-state index in [9.17, 15) is 14.7 Å². The summed E-state index contributed by atoms with van der Waals surface area (Å²) in [5.74, 6) is -1.45. The van der Waals surface area contributed by atoms with E-state index in [4.69, 9.17) is 9.47 Å². The molecular weight excluding hydrogens is 286 g/mol. The number of carboxylic acids is 1. The van der Waals surface area contributed by atoms with Gasteiger partial charge >= 0.3 is 5.97 Å². The Morgan fingerprint density at radius 2 is 1.59 bits per heavy atom. The van der Waals surface area contributed by atoms with E-state index in [2.05, 4.69) is 5.32 Å². The Morgan fingerprint density at radius 1 is 1.05 bits per heavy atom. The van der Waals surface area contributed by atoms with Crippen molar-refractivity contribution in [3.8, 4) is 11.5 Å². The maximum Gasteiger partial charge on any atom is 0.307 e. The van der Waals surface area contributed by atoms with Crippen LogP contribution >= 0.6 is 0 Å². The maximum atomic E-state index is 12.4. The molecule has 0 fully saturated rings. The summed E-state index contributed by atoms with van der Waals surface area (Å²) in [6.07, 6.45) is 4.44. The highest BCUT2D eigenvalue weighted by Crippen LogP contribution is 2.29. The number of ether oxygens (including phenoxy) is 2. The lowest BCUT2D eigenvalue weighted by Crippen LogP contribution is -2.34. The first-order valence-electron chi connectivity index (χ1n) is 6.97. The van der Waals surface area contributed by atoms with Crippen LogP contribution in [0.25, 0.3) is 0 Å². The molecule has 0 aliphatic heterocycles. The van der Waals surface area contributed by atoms with Crippen molar-refractivity contribution in [1.29, 1.82) is 0 Å². The summed E-state index contributed by atoms with van der Waals surface area (Å²) in [7, 11) is 3.04. The molecule has 2 N–H and O–H groups in total. The molecule has 6 heteroatoms. The molecule has 0 heterocycles. The number of hydrogen-bond acceptors (Lipinski definition) is 4. The first-order chi connectivity index (χ1) is 10.5. The van der Waals surface area contributed by atoms with E-state index in [1.807, 2.05) is 6.08 Å². The minimum Gasteiger partial charge on any atom is -0.497 e. The predicted octanol–water partition coefficient (Wildman–Crippen LogP) is 2.31. The van der Waals surface area contributed by atoms with Gasteiger partial charge in [-0.1, -0.05) is 12.2 Å².